The molecule has 0 aliphatic carbocycles. The Morgan fingerprint density at radius 1 is 1.52 bits per heavy atom. The molecular formula is C17H26N2O2. The monoisotopic (exact) mass is 290 g/mol. The number of carbonyl (C=O) groups is 1. The van der Waals surface area contributed by atoms with Gasteiger partial charge in [-0.3, -0.25) is 4.79 Å². The largest absolute Gasteiger partial charge is 0.508 e. The van der Waals surface area contributed by atoms with E-state index in [1.54, 1.807) is 12.1 Å². The summed E-state index contributed by atoms with van der Waals surface area (Å²) in [5.41, 5.74) is 0.967. The number of hydrogen-bond donors (Lipinski definition) is 2. The molecule has 1 aliphatic rings. The van der Waals surface area contributed by atoms with Gasteiger partial charge in [0.15, 0.2) is 0 Å². The fourth-order valence-electron chi connectivity index (χ4n) is 3.08. The Hall–Kier alpha value is -1.55. The number of phenolic OH excluding ortho intramolecular Hbond substituents is 1. The third-order valence-electron chi connectivity index (χ3n) is 4.41. The second-order valence-corrected chi connectivity index (χ2v) is 6.03. The molecule has 4 heteroatoms. The predicted octanol–water partition coefficient (Wildman–Crippen LogP) is 2.69. The number of benzene rings is 1. The molecule has 116 valence electrons. The Bertz CT molecular complexity index is 489. The van der Waals surface area contributed by atoms with Gasteiger partial charge in [-0.2, -0.15) is 0 Å². The molecule has 4 nitrogen and oxygen atoms in total. The Morgan fingerprint density at radius 3 is 2.90 bits per heavy atom. The van der Waals surface area contributed by atoms with E-state index in [0.29, 0.717) is 12.5 Å². The molecule has 0 bridgehead atoms. The molecule has 2 N–H and O–H groups in total. The summed E-state index contributed by atoms with van der Waals surface area (Å²) < 4.78 is 0. The lowest BCUT2D eigenvalue weighted by molar-refractivity contribution is -0.136. The van der Waals surface area contributed by atoms with Crippen molar-refractivity contribution < 1.29 is 9.90 Å². The van der Waals surface area contributed by atoms with Crippen molar-refractivity contribution in [2.45, 2.75) is 45.7 Å². The molecule has 1 aromatic carbocycles. The number of hydrogen-bond acceptors (Lipinski definition) is 3. The zero-order chi connectivity index (χ0) is 15.4. The minimum absolute atomic E-state index is 0.0337. The zero-order valence-electron chi connectivity index (χ0n) is 13.2. The lowest BCUT2D eigenvalue weighted by Gasteiger charge is -2.35. The molecule has 1 fully saturated rings. The maximum Gasteiger partial charge on any atom is 0.240 e. The molecule has 2 rings (SSSR count). The van der Waals surface area contributed by atoms with Crippen LogP contribution in [0.4, 0.5) is 0 Å². The van der Waals surface area contributed by atoms with Crippen molar-refractivity contribution in [1.29, 1.82) is 0 Å². The fraction of sp³-hybridized carbons (Fsp3) is 0.588. The molecule has 0 radical (unpaired) electrons. The quantitative estimate of drug-likeness (QED) is 0.896. The number of phenols is 1. The van der Waals surface area contributed by atoms with E-state index in [0.717, 1.165) is 24.9 Å². The standard InChI is InChI=1S/C17H26N2O2/c1-4-19(13(3)14-6-5-7-15(20)11-14)17(21)16-10-12(2)8-9-18-16/h5-7,11-13,16,18,20H,4,8-10H2,1-3H3. The smallest absolute Gasteiger partial charge is 0.240 e. The number of amides is 1. The van der Waals surface area contributed by atoms with Gasteiger partial charge in [-0.05, 0) is 56.8 Å². The topological polar surface area (TPSA) is 52.6 Å². The summed E-state index contributed by atoms with van der Waals surface area (Å²) in [7, 11) is 0. The molecule has 21 heavy (non-hydrogen) atoms. The van der Waals surface area contributed by atoms with E-state index in [-0.39, 0.29) is 23.7 Å². The average molecular weight is 290 g/mol. The lowest BCUT2D eigenvalue weighted by Crippen LogP contribution is -2.50. The summed E-state index contributed by atoms with van der Waals surface area (Å²) >= 11 is 0. The summed E-state index contributed by atoms with van der Waals surface area (Å²) in [5.74, 6) is 1.00. The summed E-state index contributed by atoms with van der Waals surface area (Å²) in [4.78, 5) is 14.7. The minimum Gasteiger partial charge on any atom is -0.508 e. The van der Waals surface area contributed by atoms with Gasteiger partial charge in [-0.25, -0.2) is 0 Å². The van der Waals surface area contributed by atoms with E-state index in [1.165, 1.54) is 0 Å². The van der Waals surface area contributed by atoms with Gasteiger partial charge in [0.25, 0.3) is 0 Å². The van der Waals surface area contributed by atoms with Crippen LogP contribution in [0.3, 0.4) is 0 Å². The van der Waals surface area contributed by atoms with Crippen LogP contribution in [-0.4, -0.2) is 35.0 Å². The van der Waals surface area contributed by atoms with Crippen LogP contribution in [0.25, 0.3) is 0 Å². The summed E-state index contributed by atoms with van der Waals surface area (Å²) in [6.45, 7) is 7.81. The Balaban J connectivity index is 2.12. The third kappa shape index (κ3) is 3.76. The number of nitrogens with one attached hydrogen (secondary N) is 1. The predicted molar refractivity (Wildman–Crippen MR) is 84.1 cm³/mol. The first-order chi connectivity index (χ1) is 10.0. The van der Waals surface area contributed by atoms with Crippen LogP contribution in [0, 0.1) is 5.92 Å². The normalized spacial score (nSPS) is 23.6. The second-order valence-electron chi connectivity index (χ2n) is 6.03. The first kappa shape index (κ1) is 15.8. The van der Waals surface area contributed by atoms with Crippen molar-refractivity contribution in [2.75, 3.05) is 13.1 Å². The van der Waals surface area contributed by atoms with Gasteiger partial charge in [-0.1, -0.05) is 19.1 Å². The van der Waals surface area contributed by atoms with Crippen molar-refractivity contribution >= 4 is 5.91 Å². The highest BCUT2D eigenvalue weighted by atomic mass is 16.3. The zero-order valence-corrected chi connectivity index (χ0v) is 13.2. The van der Waals surface area contributed by atoms with Crippen molar-refractivity contribution in [3.8, 4) is 5.75 Å². The van der Waals surface area contributed by atoms with E-state index in [4.69, 9.17) is 0 Å². The van der Waals surface area contributed by atoms with E-state index >= 15 is 0 Å². The van der Waals surface area contributed by atoms with Gasteiger partial charge in [-0.15, -0.1) is 0 Å². The molecule has 1 aliphatic heterocycles. The highest BCUT2D eigenvalue weighted by Crippen LogP contribution is 2.25. The lowest BCUT2D eigenvalue weighted by atomic mass is 9.93. The van der Waals surface area contributed by atoms with Gasteiger partial charge in [0.1, 0.15) is 5.75 Å². The van der Waals surface area contributed by atoms with Gasteiger partial charge in [0.05, 0.1) is 12.1 Å². The van der Waals surface area contributed by atoms with Crippen LogP contribution in [0.5, 0.6) is 5.75 Å². The Labute approximate surface area is 127 Å². The number of nitrogens with zero attached hydrogens (tertiary/aromatic N) is 1. The molecule has 0 aromatic heterocycles. The van der Waals surface area contributed by atoms with Crippen molar-refractivity contribution in [2.24, 2.45) is 5.92 Å². The summed E-state index contributed by atoms with van der Waals surface area (Å²) in [5, 5.41) is 13.0. The van der Waals surface area contributed by atoms with Crippen LogP contribution in [0.2, 0.25) is 0 Å². The van der Waals surface area contributed by atoms with E-state index in [2.05, 4.69) is 12.2 Å². The molecule has 0 saturated carbocycles. The van der Waals surface area contributed by atoms with Gasteiger partial charge in [0.2, 0.25) is 5.91 Å². The number of likely N-dealkylation sites (N-methyl/N-ethyl adjacent to an activating group) is 1. The Kier molecular flexibility index (Phi) is 5.23. The SMILES string of the molecule is CCN(C(=O)C1CC(C)CCN1)C(C)c1cccc(O)c1. The number of rotatable bonds is 4. The van der Waals surface area contributed by atoms with Crippen LogP contribution in [0.15, 0.2) is 24.3 Å². The minimum atomic E-state index is -0.0755. The molecule has 3 atom stereocenters. The fourth-order valence-corrected chi connectivity index (χ4v) is 3.08. The molecule has 1 amide bonds. The van der Waals surface area contributed by atoms with Crippen molar-refractivity contribution in [1.82, 2.24) is 10.2 Å². The summed E-state index contributed by atoms with van der Waals surface area (Å²) in [6, 6.07) is 7.05. The van der Waals surface area contributed by atoms with Crippen LogP contribution in [0.1, 0.15) is 45.2 Å². The first-order valence-electron chi connectivity index (χ1n) is 7.85. The van der Waals surface area contributed by atoms with E-state index in [1.807, 2.05) is 30.9 Å². The molecule has 1 heterocycles. The van der Waals surface area contributed by atoms with E-state index in [9.17, 15) is 9.90 Å². The highest BCUT2D eigenvalue weighted by molar-refractivity contribution is 5.82. The number of carbonyl (C=O) groups excluding carboxylic acids is 1. The van der Waals surface area contributed by atoms with Crippen LogP contribution < -0.4 is 5.32 Å². The summed E-state index contributed by atoms with van der Waals surface area (Å²) in [6.07, 6.45) is 2.04. The molecular weight excluding hydrogens is 264 g/mol. The number of aromatic hydroxyl groups is 1. The average Bonchev–Trinajstić information content (AvgIpc) is 2.47. The van der Waals surface area contributed by atoms with Crippen LogP contribution in [-0.2, 0) is 4.79 Å². The van der Waals surface area contributed by atoms with E-state index < -0.39 is 0 Å². The maximum absolute atomic E-state index is 12.8. The molecule has 1 saturated heterocycles. The van der Waals surface area contributed by atoms with Crippen molar-refractivity contribution in [3.05, 3.63) is 29.8 Å². The molecule has 3 unspecified atom stereocenters. The van der Waals surface area contributed by atoms with Gasteiger partial charge in [0, 0.05) is 6.54 Å². The first-order valence-corrected chi connectivity index (χ1v) is 7.85. The van der Waals surface area contributed by atoms with Gasteiger partial charge >= 0.3 is 0 Å². The molecule has 1 aromatic rings. The molecule has 0 spiro atoms. The van der Waals surface area contributed by atoms with Gasteiger partial charge < -0.3 is 15.3 Å². The van der Waals surface area contributed by atoms with Crippen LogP contribution >= 0.6 is 0 Å². The number of piperidine rings is 1. The highest BCUT2D eigenvalue weighted by Gasteiger charge is 2.30. The Morgan fingerprint density at radius 2 is 2.29 bits per heavy atom. The second kappa shape index (κ2) is 6.94. The van der Waals surface area contributed by atoms with Crippen molar-refractivity contribution in [3.63, 3.8) is 0 Å². The maximum atomic E-state index is 12.8. The third-order valence-corrected chi connectivity index (χ3v) is 4.41.